The van der Waals surface area contributed by atoms with E-state index in [1.54, 1.807) is 0 Å². The van der Waals surface area contributed by atoms with E-state index in [0.29, 0.717) is 0 Å². The summed E-state index contributed by atoms with van der Waals surface area (Å²) >= 11 is 17.8. The molecule has 230 valence electrons. The molecule has 0 bridgehead atoms. The van der Waals surface area contributed by atoms with Gasteiger partial charge in [0.15, 0.2) is 0 Å². The molecule has 0 aromatic heterocycles. The number of unbranched alkanes of at least 4 members (excludes halogenated alkanes) is 30. The van der Waals surface area contributed by atoms with Crippen molar-refractivity contribution in [2.45, 2.75) is 205 Å². The molecular formula is C33H68Cl3NSi. The van der Waals surface area contributed by atoms with Gasteiger partial charge in [0.2, 0.25) is 0 Å². The molecule has 0 amide bonds. The highest BCUT2D eigenvalue weighted by molar-refractivity contribution is 7.64. The molecule has 0 aliphatic rings. The van der Waals surface area contributed by atoms with E-state index < -0.39 is 6.00 Å². The first-order chi connectivity index (χ1) is 18.6. The number of rotatable bonds is 33. The summed E-state index contributed by atoms with van der Waals surface area (Å²) in [6, 6.07) is -1.54. The van der Waals surface area contributed by atoms with Crippen molar-refractivity contribution in [2.24, 2.45) is 5.73 Å². The van der Waals surface area contributed by atoms with Crippen LogP contribution < -0.4 is 5.73 Å². The SMILES string of the molecule is NCCCCCCCCCCCCCCCCCCCCCCCCCCCCCCCCC[Si](Cl)(Cl)Cl. The van der Waals surface area contributed by atoms with Gasteiger partial charge in [-0.1, -0.05) is 193 Å². The van der Waals surface area contributed by atoms with E-state index >= 15 is 0 Å². The summed E-state index contributed by atoms with van der Waals surface area (Å²) in [7, 11) is 0. The molecule has 0 atom stereocenters. The zero-order valence-corrected chi connectivity index (χ0v) is 28.8. The zero-order valence-electron chi connectivity index (χ0n) is 25.5. The smallest absolute Gasteiger partial charge is 0.330 e. The first-order valence-corrected chi connectivity index (χ1v) is 22.6. The van der Waals surface area contributed by atoms with E-state index in [4.69, 9.17) is 39.0 Å². The Balaban J connectivity index is 3.04. The predicted molar refractivity (Wildman–Crippen MR) is 180 cm³/mol. The Hall–Kier alpha value is 1.05. The molecule has 0 aromatic carbocycles. The highest BCUT2D eigenvalue weighted by Crippen LogP contribution is 2.27. The van der Waals surface area contributed by atoms with Gasteiger partial charge in [-0.3, -0.25) is 0 Å². The number of hydrogen-bond donors (Lipinski definition) is 1. The van der Waals surface area contributed by atoms with E-state index in [9.17, 15) is 0 Å². The normalized spacial score (nSPS) is 12.0. The third kappa shape index (κ3) is 37.0. The fourth-order valence-corrected chi connectivity index (χ4v) is 7.45. The lowest BCUT2D eigenvalue weighted by molar-refractivity contribution is 0.512. The van der Waals surface area contributed by atoms with Gasteiger partial charge in [-0.15, -0.1) is 33.2 Å². The predicted octanol–water partition coefficient (Wildman–Crippen LogP) is 13.7. The Kier molecular flexibility index (Phi) is 33.5. The summed E-state index contributed by atoms with van der Waals surface area (Å²) in [4.78, 5) is 0. The molecule has 2 N–H and O–H groups in total. The van der Waals surface area contributed by atoms with Gasteiger partial charge in [-0.25, -0.2) is 0 Å². The van der Waals surface area contributed by atoms with Crippen LogP contribution in [0, 0.1) is 0 Å². The number of halogens is 3. The maximum atomic E-state index is 5.92. The maximum Gasteiger partial charge on any atom is 0.341 e. The monoisotopic (exact) mass is 611 g/mol. The van der Waals surface area contributed by atoms with Crippen molar-refractivity contribution in [1.29, 1.82) is 0 Å². The molecule has 0 rings (SSSR count). The van der Waals surface area contributed by atoms with Crippen molar-refractivity contribution in [3.8, 4) is 0 Å². The largest absolute Gasteiger partial charge is 0.341 e. The van der Waals surface area contributed by atoms with Gasteiger partial charge in [0.05, 0.1) is 0 Å². The van der Waals surface area contributed by atoms with Crippen LogP contribution >= 0.6 is 33.2 Å². The molecule has 0 aromatic rings. The Morgan fingerprint density at radius 2 is 0.421 bits per heavy atom. The summed E-state index contributed by atoms with van der Waals surface area (Å²) < 4.78 is 0. The first-order valence-electron chi connectivity index (χ1n) is 17.3. The quantitative estimate of drug-likeness (QED) is 0.0445. The molecule has 1 nitrogen and oxygen atoms in total. The summed E-state index contributed by atoms with van der Waals surface area (Å²) in [5.74, 6) is 0. The van der Waals surface area contributed by atoms with E-state index in [2.05, 4.69) is 0 Å². The van der Waals surface area contributed by atoms with Crippen LogP contribution in [0.3, 0.4) is 0 Å². The summed E-state index contributed by atoms with van der Waals surface area (Å²) in [6.45, 7) is 0.869. The van der Waals surface area contributed by atoms with E-state index in [-0.39, 0.29) is 0 Å². The third-order valence-electron chi connectivity index (χ3n) is 8.16. The van der Waals surface area contributed by atoms with Crippen LogP contribution in [0.1, 0.15) is 199 Å². The van der Waals surface area contributed by atoms with Gasteiger partial charge in [-0.05, 0) is 19.0 Å². The standard InChI is InChI=1S/C33H68Cl3NSi/c34-38(35,36)33-31-29-27-25-23-21-19-17-15-13-11-9-7-5-3-1-2-4-6-8-10-12-14-16-18-20-22-24-26-28-30-32-37/h1-33,37H2. The van der Waals surface area contributed by atoms with Crippen LogP contribution in [0.5, 0.6) is 0 Å². The fourth-order valence-electron chi connectivity index (χ4n) is 5.60. The average molecular weight is 613 g/mol. The second kappa shape index (κ2) is 32.6. The molecule has 0 heterocycles. The second-order valence-electron chi connectivity index (χ2n) is 12.1. The van der Waals surface area contributed by atoms with Crippen LogP contribution in [-0.4, -0.2) is 12.5 Å². The Bertz CT molecular complexity index is 431. The Morgan fingerprint density at radius 1 is 0.263 bits per heavy atom. The minimum absolute atomic E-state index is 0.829. The van der Waals surface area contributed by atoms with Crippen LogP contribution in [0.25, 0.3) is 0 Å². The lowest BCUT2D eigenvalue weighted by Crippen LogP contribution is -2.07. The van der Waals surface area contributed by atoms with Gasteiger partial charge < -0.3 is 5.73 Å². The minimum atomic E-state index is -2.37. The highest BCUT2D eigenvalue weighted by Gasteiger charge is 2.23. The lowest BCUT2D eigenvalue weighted by atomic mass is 10.0. The van der Waals surface area contributed by atoms with Crippen molar-refractivity contribution >= 4 is 39.2 Å². The van der Waals surface area contributed by atoms with Gasteiger partial charge in [0, 0.05) is 0 Å². The van der Waals surface area contributed by atoms with Gasteiger partial charge in [-0.2, -0.15) is 0 Å². The van der Waals surface area contributed by atoms with Crippen molar-refractivity contribution in [3.63, 3.8) is 0 Å². The van der Waals surface area contributed by atoms with Crippen molar-refractivity contribution in [2.75, 3.05) is 6.54 Å². The lowest BCUT2D eigenvalue weighted by Gasteiger charge is -2.07. The van der Waals surface area contributed by atoms with Crippen LogP contribution in [0.4, 0.5) is 0 Å². The minimum Gasteiger partial charge on any atom is -0.330 e. The van der Waals surface area contributed by atoms with E-state index in [0.717, 1.165) is 19.0 Å². The molecule has 0 unspecified atom stereocenters. The molecular weight excluding hydrogens is 545 g/mol. The molecule has 0 saturated heterocycles. The highest BCUT2D eigenvalue weighted by atomic mass is 35.8. The molecule has 0 aliphatic heterocycles. The Morgan fingerprint density at radius 3 is 0.579 bits per heavy atom. The van der Waals surface area contributed by atoms with Crippen molar-refractivity contribution in [1.82, 2.24) is 0 Å². The fraction of sp³-hybridized carbons (Fsp3) is 1.00. The van der Waals surface area contributed by atoms with E-state index in [1.165, 1.54) is 193 Å². The molecule has 0 radical (unpaired) electrons. The zero-order chi connectivity index (χ0) is 27.8. The van der Waals surface area contributed by atoms with Crippen LogP contribution in [-0.2, 0) is 0 Å². The summed E-state index contributed by atoms with van der Waals surface area (Å²) in [6.07, 6.45) is 43.9. The van der Waals surface area contributed by atoms with E-state index in [1.807, 2.05) is 0 Å². The summed E-state index contributed by atoms with van der Waals surface area (Å²) in [5.41, 5.74) is 5.54. The van der Waals surface area contributed by atoms with Crippen molar-refractivity contribution in [3.05, 3.63) is 0 Å². The van der Waals surface area contributed by atoms with Gasteiger partial charge >= 0.3 is 6.00 Å². The van der Waals surface area contributed by atoms with Gasteiger partial charge in [0.1, 0.15) is 0 Å². The van der Waals surface area contributed by atoms with Crippen molar-refractivity contribution < 1.29 is 0 Å². The topological polar surface area (TPSA) is 26.0 Å². The molecule has 0 spiro atoms. The van der Waals surface area contributed by atoms with Gasteiger partial charge in [0.25, 0.3) is 0 Å². The molecule has 5 heteroatoms. The summed E-state index contributed by atoms with van der Waals surface area (Å²) in [5, 5.41) is 0. The average Bonchev–Trinajstić information content (AvgIpc) is 2.88. The molecule has 0 fully saturated rings. The number of hydrogen-bond acceptors (Lipinski definition) is 1. The molecule has 0 aliphatic carbocycles. The first kappa shape index (κ1) is 39.0. The third-order valence-corrected chi connectivity index (χ3v) is 10.8. The maximum absolute atomic E-state index is 5.92. The van der Waals surface area contributed by atoms with Crippen LogP contribution in [0.15, 0.2) is 0 Å². The second-order valence-corrected chi connectivity index (χ2v) is 21.4. The van der Waals surface area contributed by atoms with Crippen LogP contribution in [0.2, 0.25) is 6.04 Å². The Labute approximate surface area is 255 Å². The molecule has 0 saturated carbocycles. The molecule has 38 heavy (non-hydrogen) atoms. The number of nitrogens with two attached hydrogens (primary N) is 1.